The lowest BCUT2D eigenvalue weighted by atomic mass is 9.89. The van der Waals surface area contributed by atoms with Crippen molar-refractivity contribution >= 4 is 28.2 Å². The molecule has 0 unspecified atom stereocenters. The fourth-order valence-electron chi connectivity index (χ4n) is 2.65. The number of aryl methyl sites for hydroxylation is 1. The highest BCUT2D eigenvalue weighted by atomic mass is 32.1. The third kappa shape index (κ3) is 4.06. The molecule has 0 aliphatic heterocycles. The Morgan fingerprint density at radius 2 is 2.00 bits per heavy atom. The lowest BCUT2D eigenvalue weighted by Crippen LogP contribution is -2.25. The van der Waals surface area contributed by atoms with Gasteiger partial charge in [-0.25, -0.2) is 4.79 Å². The Morgan fingerprint density at radius 3 is 2.62 bits per heavy atom. The lowest BCUT2D eigenvalue weighted by molar-refractivity contribution is -0.120. The van der Waals surface area contributed by atoms with Crippen molar-refractivity contribution in [1.82, 2.24) is 0 Å². The number of rotatable bonds is 5. The van der Waals surface area contributed by atoms with E-state index in [1.54, 1.807) is 6.92 Å². The molecule has 1 saturated carbocycles. The van der Waals surface area contributed by atoms with E-state index in [1.807, 2.05) is 13.0 Å². The van der Waals surface area contributed by atoms with Crippen LogP contribution in [0.4, 0.5) is 5.00 Å². The van der Waals surface area contributed by atoms with E-state index in [2.05, 4.69) is 5.32 Å². The van der Waals surface area contributed by atoms with Crippen molar-refractivity contribution in [3.8, 4) is 0 Å². The van der Waals surface area contributed by atoms with E-state index >= 15 is 0 Å². The number of carbonyl (C=O) groups is 2. The summed E-state index contributed by atoms with van der Waals surface area (Å²) in [6.45, 7) is 4.16. The molecule has 1 aliphatic rings. The maximum absolute atomic E-state index is 12.3. The van der Waals surface area contributed by atoms with Gasteiger partial charge in [0.25, 0.3) is 0 Å². The Kier molecular flexibility index (Phi) is 5.79. The highest BCUT2D eigenvalue weighted by molar-refractivity contribution is 7.16. The number of hydrogen-bond donors (Lipinski definition) is 1. The average Bonchev–Trinajstić information content (AvgIpc) is 2.91. The van der Waals surface area contributed by atoms with Gasteiger partial charge in [-0.15, -0.1) is 11.3 Å². The molecule has 1 amide bonds. The van der Waals surface area contributed by atoms with Crippen molar-refractivity contribution in [1.29, 1.82) is 0 Å². The Morgan fingerprint density at radius 1 is 1.29 bits per heavy atom. The molecule has 0 atom stereocenters. The molecule has 21 heavy (non-hydrogen) atoms. The van der Waals surface area contributed by atoms with E-state index in [4.69, 9.17) is 4.74 Å². The topological polar surface area (TPSA) is 55.4 Å². The van der Waals surface area contributed by atoms with Gasteiger partial charge in [0.15, 0.2) is 0 Å². The Balaban J connectivity index is 2.12. The predicted molar refractivity (Wildman–Crippen MR) is 84.9 cm³/mol. The second-order valence-corrected chi connectivity index (χ2v) is 6.49. The van der Waals surface area contributed by atoms with Gasteiger partial charge in [-0.3, -0.25) is 4.79 Å². The molecule has 0 aromatic carbocycles. The molecule has 0 radical (unpaired) electrons. The zero-order valence-electron chi connectivity index (χ0n) is 12.7. The van der Waals surface area contributed by atoms with E-state index in [-0.39, 0.29) is 17.8 Å². The van der Waals surface area contributed by atoms with E-state index in [9.17, 15) is 9.59 Å². The molecule has 2 rings (SSSR count). The molecule has 0 bridgehead atoms. The molecule has 0 spiro atoms. The summed E-state index contributed by atoms with van der Waals surface area (Å²) in [4.78, 5) is 25.4. The standard InChI is InChI=1S/C16H23NO3S/c1-3-12-10-13(16(19)20-4-2)15(21-12)17-14(18)11-8-6-5-7-9-11/h10-11H,3-9H2,1-2H3,(H,17,18). The minimum absolute atomic E-state index is 0.0461. The van der Waals surface area contributed by atoms with E-state index in [1.165, 1.54) is 17.8 Å². The Hall–Kier alpha value is -1.36. The van der Waals surface area contributed by atoms with Crippen LogP contribution in [0.25, 0.3) is 0 Å². The SMILES string of the molecule is CCOC(=O)c1cc(CC)sc1NC(=O)C1CCCCC1. The highest BCUT2D eigenvalue weighted by Gasteiger charge is 2.24. The molecule has 116 valence electrons. The molecule has 1 aromatic heterocycles. The van der Waals surface area contributed by atoms with Crippen LogP contribution in [0.3, 0.4) is 0 Å². The summed E-state index contributed by atoms with van der Waals surface area (Å²) in [6, 6.07) is 1.83. The number of thiophene rings is 1. The fraction of sp³-hybridized carbons (Fsp3) is 0.625. The van der Waals surface area contributed by atoms with E-state index in [0.29, 0.717) is 17.2 Å². The zero-order valence-corrected chi connectivity index (χ0v) is 13.6. The molecular formula is C16H23NO3S. The van der Waals surface area contributed by atoms with Gasteiger partial charge >= 0.3 is 5.97 Å². The third-order valence-corrected chi connectivity index (χ3v) is 5.03. The summed E-state index contributed by atoms with van der Waals surface area (Å²) in [6.07, 6.45) is 6.20. The van der Waals surface area contributed by atoms with Crippen LogP contribution in [0, 0.1) is 5.92 Å². The summed E-state index contributed by atoms with van der Waals surface area (Å²) in [7, 11) is 0. The summed E-state index contributed by atoms with van der Waals surface area (Å²) in [5.41, 5.74) is 0.489. The van der Waals surface area contributed by atoms with Crippen LogP contribution in [0.1, 0.15) is 61.2 Å². The van der Waals surface area contributed by atoms with Gasteiger partial charge in [-0.05, 0) is 32.3 Å². The number of ether oxygens (including phenoxy) is 1. The van der Waals surface area contributed by atoms with Crippen LogP contribution in [0.5, 0.6) is 0 Å². The molecule has 1 aromatic rings. The first-order chi connectivity index (χ1) is 10.2. The minimum atomic E-state index is -0.354. The normalized spacial score (nSPS) is 15.7. The van der Waals surface area contributed by atoms with Gasteiger partial charge < -0.3 is 10.1 Å². The molecule has 0 saturated heterocycles. The summed E-state index contributed by atoms with van der Waals surface area (Å²) >= 11 is 1.47. The van der Waals surface area contributed by atoms with Crippen molar-refractivity contribution < 1.29 is 14.3 Å². The molecular weight excluding hydrogens is 286 g/mol. The van der Waals surface area contributed by atoms with E-state index in [0.717, 1.165) is 37.0 Å². The van der Waals surface area contributed by atoms with Gasteiger partial charge in [-0.1, -0.05) is 26.2 Å². The quantitative estimate of drug-likeness (QED) is 0.836. The van der Waals surface area contributed by atoms with Crippen LogP contribution in [0.2, 0.25) is 0 Å². The maximum atomic E-state index is 12.3. The van der Waals surface area contributed by atoms with Gasteiger partial charge in [0.05, 0.1) is 12.2 Å². The summed E-state index contributed by atoms with van der Waals surface area (Å²) in [5.74, 6) is -0.224. The van der Waals surface area contributed by atoms with Gasteiger partial charge in [0, 0.05) is 10.8 Å². The minimum Gasteiger partial charge on any atom is -0.462 e. The van der Waals surface area contributed by atoms with Crippen LogP contribution in [0.15, 0.2) is 6.07 Å². The number of amides is 1. The first-order valence-electron chi connectivity index (χ1n) is 7.76. The van der Waals surface area contributed by atoms with Gasteiger partial charge in [-0.2, -0.15) is 0 Å². The van der Waals surface area contributed by atoms with Crippen molar-refractivity contribution in [3.63, 3.8) is 0 Å². The van der Waals surface area contributed by atoms with Crippen molar-refractivity contribution in [3.05, 3.63) is 16.5 Å². The highest BCUT2D eigenvalue weighted by Crippen LogP contribution is 2.31. The molecule has 1 fully saturated rings. The molecule has 1 aliphatic carbocycles. The zero-order chi connectivity index (χ0) is 15.2. The summed E-state index contributed by atoms with van der Waals surface area (Å²) in [5, 5.41) is 3.59. The first-order valence-corrected chi connectivity index (χ1v) is 8.58. The molecule has 1 heterocycles. The van der Waals surface area contributed by atoms with Gasteiger partial charge in [0.2, 0.25) is 5.91 Å². The Labute approximate surface area is 129 Å². The largest absolute Gasteiger partial charge is 0.462 e. The average molecular weight is 309 g/mol. The number of esters is 1. The van der Waals surface area contributed by atoms with E-state index < -0.39 is 0 Å². The predicted octanol–water partition coefficient (Wildman–Crippen LogP) is 4.01. The number of nitrogens with one attached hydrogen (secondary N) is 1. The second-order valence-electron chi connectivity index (χ2n) is 5.35. The molecule has 4 nitrogen and oxygen atoms in total. The second kappa shape index (κ2) is 7.59. The van der Waals surface area contributed by atoms with Crippen LogP contribution in [-0.2, 0) is 16.0 Å². The number of hydrogen-bond acceptors (Lipinski definition) is 4. The first kappa shape index (κ1) is 16.0. The third-order valence-electron chi connectivity index (χ3n) is 3.84. The van der Waals surface area contributed by atoms with Gasteiger partial charge in [0.1, 0.15) is 5.00 Å². The lowest BCUT2D eigenvalue weighted by Gasteiger charge is -2.20. The summed E-state index contributed by atoms with van der Waals surface area (Å²) < 4.78 is 5.07. The molecule has 5 heteroatoms. The van der Waals surface area contributed by atoms with Crippen LogP contribution >= 0.6 is 11.3 Å². The maximum Gasteiger partial charge on any atom is 0.341 e. The number of anilines is 1. The smallest absolute Gasteiger partial charge is 0.341 e. The van der Waals surface area contributed by atoms with Crippen molar-refractivity contribution in [2.75, 3.05) is 11.9 Å². The van der Waals surface area contributed by atoms with Crippen molar-refractivity contribution in [2.24, 2.45) is 5.92 Å². The molecule has 1 N–H and O–H groups in total. The van der Waals surface area contributed by atoms with Crippen molar-refractivity contribution in [2.45, 2.75) is 52.4 Å². The monoisotopic (exact) mass is 309 g/mol. The fourth-order valence-corrected chi connectivity index (χ4v) is 3.64. The van der Waals surface area contributed by atoms with Crippen LogP contribution < -0.4 is 5.32 Å². The van der Waals surface area contributed by atoms with Crippen LogP contribution in [-0.4, -0.2) is 18.5 Å². The Bertz CT molecular complexity index is 504. The number of carbonyl (C=O) groups excluding carboxylic acids is 2.